The summed E-state index contributed by atoms with van der Waals surface area (Å²) in [6, 6.07) is 2.17. The van der Waals surface area contributed by atoms with Gasteiger partial charge in [0, 0.05) is 31.5 Å². The summed E-state index contributed by atoms with van der Waals surface area (Å²) in [7, 11) is 0. The summed E-state index contributed by atoms with van der Waals surface area (Å²) in [6.45, 7) is 9.94. The van der Waals surface area contributed by atoms with Crippen LogP contribution in [-0.2, 0) is 0 Å². The molecule has 0 saturated carbocycles. The molecule has 0 saturated heterocycles. The van der Waals surface area contributed by atoms with Crippen LogP contribution in [0.4, 0.5) is 11.9 Å². The van der Waals surface area contributed by atoms with E-state index in [-0.39, 0.29) is 0 Å². The Morgan fingerprint density at radius 2 is 2.05 bits per heavy atom. The highest BCUT2D eigenvalue weighted by atomic mass is 15.4. The van der Waals surface area contributed by atoms with Gasteiger partial charge >= 0.3 is 0 Å². The fourth-order valence-corrected chi connectivity index (χ4v) is 1.95. The molecule has 2 heterocycles. The Labute approximate surface area is 119 Å². The van der Waals surface area contributed by atoms with Crippen molar-refractivity contribution in [1.29, 1.82) is 0 Å². The molecule has 1 N–H and O–H groups in total. The third-order valence-electron chi connectivity index (χ3n) is 2.88. The predicted octanol–water partition coefficient (Wildman–Crippen LogP) is 1.72. The molecular formula is C13H21N7. The molecule has 2 aromatic rings. The van der Waals surface area contributed by atoms with Gasteiger partial charge in [0.15, 0.2) is 0 Å². The summed E-state index contributed by atoms with van der Waals surface area (Å²) in [5, 5.41) is 7.31. The van der Waals surface area contributed by atoms with Gasteiger partial charge in [0.25, 0.3) is 5.95 Å². The van der Waals surface area contributed by atoms with Gasteiger partial charge in [-0.3, -0.25) is 0 Å². The van der Waals surface area contributed by atoms with Gasteiger partial charge in [-0.15, -0.1) is 0 Å². The topological polar surface area (TPSA) is 71.8 Å². The van der Waals surface area contributed by atoms with Gasteiger partial charge in [-0.05, 0) is 33.8 Å². The Kier molecular flexibility index (Phi) is 4.49. The van der Waals surface area contributed by atoms with E-state index in [2.05, 4.69) is 51.0 Å². The lowest BCUT2D eigenvalue weighted by molar-refractivity contribution is 0.671. The molecule has 0 aliphatic carbocycles. The lowest BCUT2D eigenvalue weighted by Crippen LogP contribution is -2.32. The van der Waals surface area contributed by atoms with Crippen LogP contribution in [0.1, 0.15) is 27.7 Å². The second kappa shape index (κ2) is 6.31. The number of anilines is 2. The van der Waals surface area contributed by atoms with Crippen molar-refractivity contribution < 1.29 is 0 Å². The number of rotatable bonds is 6. The van der Waals surface area contributed by atoms with E-state index in [0.717, 1.165) is 13.1 Å². The van der Waals surface area contributed by atoms with E-state index in [0.29, 0.717) is 23.9 Å². The van der Waals surface area contributed by atoms with Crippen LogP contribution in [-0.4, -0.2) is 43.9 Å². The van der Waals surface area contributed by atoms with Crippen molar-refractivity contribution in [3.05, 3.63) is 18.5 Å². The lowest BCUT2D eigenvalue weighted by atomic mass is 10.3. The maximum atomic E-state index is 4.51. The van der Waals surface area contributed by atoms with Crippen molar-refractivity contribution >= 4 is 11.9 Å². The molecule has 2 aromatic heterocycles. The maximum Gasteiger partial charge on any atom is 0.257 e. The second-order valence-electron chi connectivity index (χ2n) is 4.62. The first-order chi connectivity index (χ1) is 9.65. The molecule has 0 bridgehead atoms. The summed E-state index contributed by atoms with van der Waals surface area (Å²) in [4.78, 5) is 15.5. The smallest absolute Gasteiger partial charge is 0.257 e. The molecular weight excluding hydrogens is 254 g/mol. The highest BCUT2D eigenvalue weighted by molar-refractivity contribution is 5.40. The quantitative estimate of drug-likeness (QED) is 0.865. The van der Waals surface area contributed by atoms with Gasteiger partial charge in [0.05, 0.1) is 0 Å². The normalized spacial score (nSPS) is 10.8. The van der Waals surface area contributed by atoms with Crippen LogP contribution in [0.25, 0.3) is 5.95 Å². The summed E-state index contributed by atoms with van der Waals surface area (Å²) in [6.07, 6.45) is 3.52. The monoisotopic (exact) mass is 275 g/mol. The molecule has 2 rings (SSSR count). The van der Waals surface area contributed by atoms with E-state index in [9.17, 15) is 0 Å². The summed E-state index contributed by atoms with van der Waals surface area (Å²) in [5.41, 5.74) is 0. The highest BCUT2D eigenvalue weighted by Gasteiger charge is 2.15. The molecule has 0 aliphatic rings. The standard InChI is InChI=1S/C13H21N7/c1-5-14-11-16-12(19(6-2)10(3)4)18-13(17-11)20-9-7-8-15-20/h7-10H,5-6H2,1-4H3,(H,14,16,17,18). The van der Waals surface area contributed by atoms with Crippen molar-refractivity contribution in [1.82, 2.24) is 24.7 Å². The predicted molar refractivity (Wildman–Crippen MR) is 79.3 cm³/mol. The largest absolute Gasteiger partial charge is 0.354 e. The molecule has 0 aromatic carbocycles. The molecule has 0 atom stereocenters. The van der Waals surface area contributed by atoms with E-state index in [4.69, 9.17) is 0 Å². The molecule has 0 radical (unpaired) electrons. The molecule has 20 heavy (non-hydrogen) atoms. The molecule has 0 amide bonds. The zero-order valence-corrected chi connectivity index (χ0v) is 12.4. The third-order valence-corrected chi connectivity index (χ3v) is 2.88. The Morgan fingerprint density at radius 1 is 1.25 bits per heavy atom. The van der Waals surface area contributed by atoms with Crippen LogP contribution in [0.5, 0.6) is 0 Å². The fourth-order valence-electron chi connectivity index (χ4n) is 1.95. The van der Waals surface area contributed by atoms with E-state index in [1.54, 1.807) is 10.9 Å². The Bertz CT molecular complexity index is 536. The van der Waals surface area contributed by atoms with Crippen molar-refractivity contribution in [3.63, 3.8) is 0 Å². The number of hydrogen-bond acceptors (Lipinski definition) is 6. The van der Waals surface area contributed by atoms with E-state index in [1.807, 2.05) is 19.2 Å². The Hall–Kier alpha value is -2.18. The second-order valence-corrected chi connectivity index (χ2v) is 4.62. The van der Waals surface area contributed by atoms with Gasteiger partial charge in [0.2, 0.25) is 11.9 Å². The molecule has 0 spiro atoms. The maximum absolute atomic E-state index is 4.51. The number of aromatic nitrogens is 5. The van der Waals surface area contributed by atoms with Crippen LogP contribution in [0.3, 0.4) is 0 Å². The van der Waals surface area contributed by atoms with Gasteiger partial charge in [-0.1, -0.05) is 0 Å². The van der Waals surface area contributed by atoms with E-state index in [1.165, 1.54) is 0 Å². The number of nitrogens with one attached hydrogen (secondary N) is 1. The van der Waals surface area contributed by atoms with Crippen LogP contribution < -0.4 is 10.2 Å². The fraction of sp³-hybridized carbons (Fsp3) is 0.538. The van der Waals surface area contributed by atoms with Gasteiger partial charge in [-0.2, -0.15) is 20.1 Å². The first-order valence-electron chi connectivity index (χ1n) is 6.92. The number of hydrogen-bond donors (Lipinski definition) is 1. The molecule has 7 heteroatoms. The van der Waals surface area contributed by atoms with Gasteiger partial charge in [-0.25, -0.2) is 4.68 Å². The summed E-state index contributed by atoms with van der Waals surface area (Å²) < 4.78 is 1.64. The van der Waals surface area contributed by atoms with Crippen molar-refractivity contribution in [2.24, 2.45) is 0 Å². The average Bonchev–Trinajstić information content (AvgIpc) is 2.93. The molecule has 0 fully saturated rings. The van der Waals surface area contributed by atoms with Crippen LogP contribution in [0.2, 0.25) is 0 Å². The highest BCUT2D eigenvalue weighted by Crippen LogP contribution is 2.15. The molecule has 0 aliphatic heterocycles. The van der Waals surface area contributed by atoms with Gasteiger partial charge in [0.1, 0.15) is 0 Å². The summed E-state index contributed by atoms with van der Waals surface area (Å²) >= 11 is 0. The Morgan fingerprint density at radius 3 is 2.60 bits per heavy atom. The Balaban J connectivity index is 2.45. The molecule has 7 nitrogen and oxygen atoms in total. The molecule has 0 unspecified atom stereocenters. The average molecular weight is 275 g/mol. The van der Waals surface area contributed by atoms with E-state index >= 15 is 0 Å². The zero-order chi connectivity index (χ0) is 14.5. The number of nitrogens with zero attached hydrogens (tertiary/aromatic N) is 6. The van der Waals surface area contributed by atoms with Crippen molar-refractivity contribution in [2.75, 3.05) is 23.3 Å². The summed E-state index contributed by atoms with van der Waals surface area (Å²) in [5.74, 6) is 1.76. The third kappa shape index (κ3) is 3.04. The minimum absolute atomic E-state index is 0.322. The van der Waals surface area contributed by atoms with E-state index < -0.39 is 0 Å². The SMILES string of the molecule is CCNc1nc(N(CC)C(C)C)nc(-n2cccn2)n1. The first kappa shape index (κ1) is 14.2. The van der Waals surface area contributed by atoms with Crippen molar-refractivity contribution in [2.45, 2.75) is 33.7 Å². The van der Waals surface area contributed by atoms with Crippen molar-refractivity contribution in [3.8, 4) is 5.95 Å². The molecule has 108 valence electrons. The van der Waals surface area contributed by atoms with Crippen LogP contribution >= 0.6 is 0 Å². The zero-order valence-electron chi connectivity index (χ0n) is 12.4. The van der Waals surface area contributed by atoms with Gasteiger partial charge < -0.3 is 10.2 Å². The lowest BCUT2D eigenvalue weighted by Gasteiger charge is -2.25. The minimum Gasteiger partial charge on any atom is -0.354 e. The first-order valence-corrected chi connectivity index (χ1v) is 6.92. The minimum atomic E-state index is 0.322. The van der Waals surface area contributed by atoms with Crippen LogP contribution in [0.15, 0.2) is 18.5 Å². The van der Waals surface area contributed by atoms with Crippen LogP contribution in [0, 0.1) is 0 Å².